The SMILES string of the molecule is CCN(CC)C1CCN(C(=O)c2cc(-c3cccc(-c4cc5ccccc5o4)c3)nn2C)C1. The number of furan rings is 1. The summed E-state index contributed by atoms with van der Waals surface area (Å²) in [6.07, 6.45) is 1.03. The second kappa shape index (κ2) is 8.87. The average molecular weight is 443 g/mol. The van der Waals surface area contributed by atoms with Gasteiger partial charge in [0.05, 0.1) is 5.69 Å². The number of nitrogens with zero attached hydrogens (tertiary/aromatic N) is 4. The van der Waals surface area contributed by atoms with E-state index in [-0.39, 0.29) is 5.91 Å². The smallest absolute Gasteiger partial charge is 0.272 e. The molecule has 6 nitrogen and oxygen atoms in total. The monoisotopic (exact) mass is 442 g/mol. The molecule has 2 aromatic carbocycles. The Morgan fingerprint density at radius 1 is 1.06 bits per heavy atom. The Bertz CT molecular complexity index is 1250. The second-order valence-corrected chi connectivity index (χ2v) is 8.68. The van der Waals surface area contributed by atoms with Crippen molar-refractivity contribution < 1.29 is 9.21 Å². The van der Waals surface area contributed by atoms with Crippen LogP contribution >= 0.6 is 0 Å². The van der Waals surface area contributed by atoms with E-state index in [1.54, 1.807) is 4.68 Å². The highest BCUT2D eigenvalue weighted by atomic mass is 16.3. The molecule has 0 aliphatic carbocycles. The van der Waals surface area contributed by atoms with Crippen LogP contribution in [0.15, 0.2) is 65.1 Å². The summed E-state index contributed by atoms with van der Waals surface area (Å²) in [6, 6.07) is 20.5. The molecule has 170 valence electrons. The van der Waals surface area contributed by atoms with Crippen molar-refractivity contribution in [3.63, 3.8) is 0 Å². The Balaban J connectivity index is 1.39. The molecule has 0 N–H and O–H groups in total. The van der Waals surface area contributed by atoms with Crippen molar-refractivity contribution in [3.8, 4) is 22.6 Å². The molecule has 0 saturated carbocycles. The first-order valence-electron chi connectivity index (χ1n) is 11.7. The lowest BCUT2D eigenvalue weighted by Crippen LogP contribution is -2.39. The van der Waals surface area contributed by atoms with Crippen LogP contribution in [0.3, 0.4) is 0 Å². The van der Waals surface area contributed by atoms with Gasteiger partial charge in [0.15, 0.2) is 0 Å². The van der Waals surface area contributed by atoms with Gasteiger partial charge in [-0.15, -0.1) is 0 Å². The number of amides is 1. The van der Waals surface area contributed by atoms with Gasteiger partial charge in [-0.1, -0.05) is 50.2 Å². The highest BCUT2D eigenvalue weighted by Crippen LogP contribution is 2.31. The minimum atomic E-state index is 0.0549. The zero-order valence-electron chi connectivity index (χ0n) is 19.5. The zero-order valence-corrected chi connectivity index (χ0v) is 19.5. The largest absolute Gasteiger partial charge is 0.456 e. The molecule has 1 aliphatic rings. The lowest BCUT2D eigenvalue weighted by molar-refractivity contribution is 0.0767. The third kappa shape index (κ3) is 4.07. The van der Waals surface area contributed by atoms with E-state index in [0.717, 1.165) is 66.2 Å². The Morgan fingerprint density at radius 2 is 1.85 bits per heavy atom. The standard InChI is InChI=1S/C27H30N4O2/c1-4-30(5-2)22-13-14-31(18-22)27(32)24-17-23(28-29(24)3)19-10-8-11-20(15-19)26-16-21-9-6-7-12-25(21)33-26/h6-12,15-17,22H,4-5,13-14,18H2,1-3H3. The van der Waals surface area contributed by atoms with Crippen LogP contribution in [0.4, 0.5) is 0 Å². The summed E-state index contributed by atoms with van der Waals surface area (Å²) in [5, 5.41) is 5.75. The van der Waals surface area contributed by atoms with E-state index in [1.807, 2.05) is 60.5 Å². The first-order chi connectivity index (χ1) is 16.1. The van der Waals surface area contributed by atoms with E-state index < -0.39 is 0 Å². The number of aryl methyl sites for hydroxylation is 1. The predicted octanol–water partition coefficient (Wildman–Crippen LogP) is 5.06. The number of hydrogen-bond donors (Lipinski definition) is 0. The number of para-hydroxylation sites is 1. The first-order valence-corrected chi connectivity index (χ1v) is 11.7. The van der Waals surface area contributed by atoms with Gasteiger partial charge >= 0.3 is 0 Å². The fourth-order valence-corrected chi connectivity index (χ4v) is 4.89. The molecule has 1 amide bonds. The van der Waals surface area contributed by atoms with Crippen molar-refractivity contribution in [2.24, 2.45) is 7.05 Å². The average Bonchev–Trinajstić information content (AvgIpc) is 3.58. The van der Waals surface area contributed by atoms with Gasteiger partial charge in [0.2, 0.25) is 0 Å². The molecule has 1 unspecified atom stereocenters. The minimum absolute atomic E-state index is 0.0549. The third-order valence-electron chi connectivity index (χ3n) is 6.75. The summed E-state index contributed by atoms with van der Waals surface area (Å²) in [7, 11) is 1.85. The van der Waals surface area contributed by atoms with Crippen molar-refractivity contribution in [1.29, 1.82) is 0 Å². The van der Waals surface area contributed by atoms with Crippen LogP contribution in [-0.4, -0.2) is 57.7 Å². The van der Waals surface area contributed by atoms with Gasteiger partial charge in [-0.3, -0.25) is 14.4 Å². The molecule has 0 radical (unpaired) electrons. The number of aromatic nitrogens is 2. The maximum Gasteiger partial charge on any atom is 0.272 e. The topological polar surface area (TPSA) is 54.5 Å². The summed E-state index contributed by atoms with van der Waals surface area (Å²) in [5.41, 5.74) is 4.24. The van der Waals surface area contributed by atoms with Gasteiger partial charge in [-0.05, 0) is 43.8 Å². The van der Waals surface area contributed by atoms with Gasteiger partial charge in [0.1, 0.15) is 17.0 Å². The zero-order chi connectivity index (χ0) is 22.9. The van der Waals surface area contributed by atoms with Crippen LogP contribution in [0, 0.1) is 0 Å². The maximum absolute atomic E-state index is 13.3. The number of fused-ring (bicyclic) bond motifs is 1. The highest BCUT2D eigenvalue weighted by Gasteiger charge is 2.31. The van der Waals surface area contributed by atoms with Crippen LogP contribution in [0.5, 0.6) is 0 Å². The lowest BCUT2D eigenvalue weighted by Gasteiger charge is -2.26. The minimum Gasteiger partial charge on any atom is -0.456 e. The third-order valence-corrected chi connectivity index (χ3v) is 6.75. The molecule has 1 aliphatic heterocycles. The van der Waals surface area contributed by atoms with E-state index in [0.29, 0.717) is 11.7 Å². The summed E-state index contributed by atoms with van der Waals surface area (Å²) in [6.45, 7) is 7.97. The molecule has 33 heavy (non-hydrogen) atoms. The molecule has 1 atom stereocenters. The van der Waals surface area contributed by atoms with Crippen LogP contribution in [0.2, 0.25) is 0 Å². The molecular formula is C27H30N4O2. The molecular weight excluding hydrogens is 412 g/mol. The molecule has 1 fully saturated rings. The number of likely N-dealkylation sites (tertiary alicyclic amines) is 1. The number of rotatable bonds is 6. The fourth-order valence-electron chi connectivity index (χ4n) is 4.89. The highest BCUT2D eigenvalue weighted by molar-refractivity contribution is 5.94. The maximum atomic E-state index is 13.3. The number of hydrogen-bond acceptors (Lipinski definition) is 4. The number of carbonyl (C=O) groups is 1. The van der Waals surface area contributed by atoms with Crippen molar-refractivity contribution in [3.05, 3.63) is 66.4 Å². The van der Waals surface area contributed by atoms with Gasteiger partial charge < -0.3 is 9.32 Å². The van der Waals surface area contributed by atoms with E-state index in [4.69, 9.17) is 4.42 Å². The van der Waals surface area contributed by atoms with Gasteiger partial charge in [0, 0.05) is 42.7 Å². The normalized spacial score (nSPS) is 16.2. The number of benzene rings is 2. The Hall–Kier alpha value is -3.38. The Kier molecular flexibility index (Phi) is 5.77. The van der Waals surface area contributed by atoms with E-state index in [1.165, 1.54) is 0 Å². The second-order valence-electron chi connectivity index (χ2n) is 8.68. The van der Waals surface area contributed by atoms with Crippen LogP contribution in [0.1, 0.15) is 30.8 Å². The Morgan fingerprint density at radius 3 is 2.64 bits per heavy atom. The Labute approximate surface area is 194 Å². The van der Waals surface area contributed by atoms with Gasteiger partial charge in [0.25, 0.3) is 5.91 Å². The fraction of sp³-hybridized carbons (Fsp3) is 0.333. The van der Waals surface area contributed by atoms with Gasteiger partial charge in [-0.2, -0.15) is 5.10 Å². The van der Waals surface area contributed by atoms with Crippen molar-refractivity contribution in [1.82, 2.24) is 19.6 Å². The number of likely N-dealkylation sites (N-methyl/N-ethyl adjacent to an activating group) is 1. The van der Waals surface area contributed by atoms with Crippen LogP contribution in [0.25, 0.3) is 33.6 Å². The summed E-state index contributed by atoms with van der Waals surface area (Å²) >= 11 is 0. The van der Waals surface area contributed by atoms with Gasteiger partial charge in [-0.25, -0.2) is 0 Å². The van der Waals surface area contributed by atoms with E-state index in [9.17, 15) is 4.79 Å². The van der Waals surface area contributed by atoms with Crippen molar-refractivity contribution >= 4 is 16.9 Å². The molecule has 2 aromatic heterocycles. The summed E-state index contributed by atoms with van der Waals surface area (Å²) in [4.78, 5) is 17.7. The molecule has 0 spiro atoms. The first kappa shape index (κ1) is 21.5. The van der Waals surface area contributed by atoms with Crippen LogP contribution in [-0.2, 0) is 7.05 Å². The quantitative estimate of drug-likeness (QED) is 0.419. The lowest BCUT2D eigenvalue weighted by atomic mass is 10.1. The molecule has 3 heterocycles. The van der Waals surface area contributed by atoms with Crippen molar-refractivity contribution in [2.45, 2.75) is 26.3 Å². The molecule has 4 aromatic rings. The van der Waals surface area contributed by atoms with Crippen molar-refractivity contribution in [2.75, 3.05) is 26.2 Å². The summed E-state index contributed by atoms with van der Waals surface area (Å²) in [5.74, 6) is 0.879. The predicted molar refractivity (Wildman–Crippen MR) is 131 cm³/mol. The van der Waals surface area contributed by atoms with E-state index >= 15 is 0 Å². The molecule has 0 bridgehead atoms. The van der Waals surface area contributed by atoms with Crippen LogP contribution < -0.4 is 0 Å². The summed E-state index contributed by atoms with van der Waals surface area (Å²) < 4.78 is 7.74. The molecule has 6 heteroatoms. The molecule has 5 rings (SSSR count). The molecule has 1 saturated heterocycles. The van der Waals surface area contributed by atoms with E-state index in [2.05, 4.69) is 36.0 Å². The number of carbonyl (C=O) groups excluding carboxylic acids is 1.